The van der Waals surface area contributed by atoms with Gasteiger partial charge in [-0.1, -0.05) is 170 Å². The van der Waals surface area contributed by atoms with Crippen LogP contribution in [0.25, 0.3) is 48.1 Å². The van der Waals surface area contributed by atoms with Gasteiger partial charge in [-0.2, -0.15) is 10.5 Å². The monoisotopic (exact) mass is 817 g/mol. The average Bonchev–Trinajstić information content (AvgIpc) is 3.33. The number of hydrogen-bond donors (Lipinski definition) is 1. The van der Waals surface area contributed by atoms with Crippen molar-refractivity contribution in [3.05, 3.63) is 243 Å². The van der Waals surface area contributed by atoms with Crippen molar-refractivity contribution >= 4 is 77.6 Å². The molecular weight excluding hydrogens is 779 g/mol. The molecule has 302 valence electrons. The zero-order valence-electron chi connectivity index (χ0n) is 34.0. The summed E-state index contributed by atoms with van der Waals surface area (Å²) in [7, 11) is 0. The molecule has 0 aliphatic carbocycles. The van der Waals surface area contributed by atoms with Crippen LogP contribution in [0.3, 0.4) is 0 Å². The Morgan fingerprint density at radius 1 is 0.460 bits per heavy atom. The lowest BCUT2D eigenvalue weighted by Gasteiger charge is -2.26. The van der Waals surface area contributed by atoms with Crippen molar-refractivity contribution in [3.63, 3.8) is 0 Å². The first-order valence-corrected chi connectivity index (χ1v) is 20.0. The van der Waals surface area contributed by atoms with Crippen LogP contribution in [0, 0.1) is 22.7 Å². The Morgan fingerprint density at radius 2 is 0.810 bits per heavy atom. The van der Waals surface area contributed by atoms with E-state index in [0.29, 0.717) is 5.56 Å². The lowest BCUT2D eigenvalue weighted by molar-refractivity contribution is -0.132. The molecule has 7 rings (SSSR count). The van der Waals surface area contributed by atoms with Gasteiger partial charge in [-0.25, -0.2) is 4.79 Å². The van der Waals surface area contributed by atoms with Gasteiger partial charge in [0.05, 0.1) is 0 Å². The van der Waals surface area contributed by atoms with Crippen LogP contribution in [0.2, 0.25) is 0 Å². The molecule has 0 unspecified atom stereocenters. The Kier molecular flexibility index (Phi) is 13.9. The summed E-state index contributed by atoms with van der Waals surface area (Å²) in [4.78, 5) is 24.1. The summed E-state index contributed by atoms with van der Waals surface area (Å²) in [6.45, 7) is 0.236. The summed E-state index contributed by atoms with van der Waals surface area (Å²) in [5.74, 6) is -1.33. The summed E-state index contributed by atoms with van der Waals surface area (Å²) in [5.41, 5.74) is 12.4. The van der Waals surface area contributed by atoms with Gasteiger partial charge in [-0.05, 0) is 110 Å². The molecule has 7 heteroatoms. The lowest BCUT2D eigenvalue weighted by Crippen LogP contribution is -2.09. The quantitative estimate of drug-likeness (QED) is 0.0360. The Hall–Kier alpha value is -9.04. The highest BCUT2D eigenvalue weighted by atomic mass is 16.5. The normalized spacial score (nSPS) is 11.4. The number of carbonyl (C=O) groups is 2. The van der Waals surface area contributed by atoms with Gasteiger partial charge in [-0.15, -0.1) is 0 Å². The van der Waals surface area contributed by atoms with Crippen LogP contribution >= 0.6 is 0 Å². The van der Waals surface area contributed by atoms with Crippen molar-refractivity contribution in [1.82, 2.24) is 0 Å². The van der Waals surface area contributed by atoms with Crippen molar-refractivity contribution in [3.8, 4) is 12.1 Å². The fourth-order valence-electron chi connectivity index (χ4n) is 6.77. The van der Waals surface area contributed by atoms with Gasteiger partial charge in [-0.3, -0.25) is 4.79 Å². The fourth-order valence-corrected chi connectivity index (χ4v) is 6.77. The molecule has 0 saturated carbocycles. The number of carboxylic acid groups (broad SMARTS) is 1. The first kappa shape index (κ1) is 42.1. The van der Waals surface area contributed by atoms with Gasteiger partial charge in [0.25, 0.3) is 6.47 Å². The molecular formula is C56H39N3O4. The average molecular weight is 818 g/mol. The number of benzene rings is 7. The molecule has 0 fully saturated rings. The molecule has 0 saturated heterocycles. The number of carboxylic acids is 1. The third-order valence-corrected chi connectivity index (χ3v) is 9.99. The number of hydrogen-bond acceptors (Lipinski definition) is 6. The molecule has 7 aromatic carbocycles. The lowest BCUT2D eigenvalue weighted by atomic mass is 9.95. The molecule has 0 spiro atoms. The number of nitriles is 2. The van der Waals surface area contributed by atoms with Crippen LogP contribution in [0.15, 0.2) is 193 Å². The van der Waals surface area contributed by atoms with Crippen molar-refractivity contribution < 1.29 is 19.4 Å². The number of rotatable bonds is 15. The second-order valence-corrected chi connectivity index (χ2v) is 14.2. The maximum absolute atomic E-state index is 11.2. The van der Waals surface area contributed by atoms with Crippen LogP contribution in [-0.4, -0.2) is 17.5 Å². The predicted octanol–water partition coefficient (Wildman–Crippen LogP) is 13.1. The SMILES string of the molecule is N#C/C(=C\c1ccc(/C=C/c2ccc(N(c3ccc(C=C(c4ccccc4)c4ccccc4)cc3)c3ccc(/C=C/c4ccc(/C=C(\C#N)C(=O)O)cc4)cc3)cc2)cc1)OC=O. The van der Waals surface area contributed by atoms with Gasteiger partial charge in [0.1, 0.15) is 17.7 Å². The summed E-state index contributed by atoms with van der Waals surface area (Å²) in [5, 5.41) is 27.4. The first-order valence-electron chi connectivity index (χ1n) is 20.0. The van der Waals surface area contributed by atoms with Gasteiger partial charge in [0.15, 0.2) is 0 Å². The highest BCUT2D eigenvalue weighted by Gasteiger charge is 2.13. The molecule has 0 aromatic heterocycles. The van der Waals surface area contributed by atoms with E-state index in [0.717, 1.165) is 67.1 Å². The van der Waals surface area contributed by atoms with Crippen LogP contribution in [0.4, 0.5) is 17.1 Å². The minimum absolute atomic E-state index is 0.0747. The first-order chi connectivity index (χ1) is 30.9. The third kappa shape index (κ3) is 11.4. The van der Waals surface area contributed by atoms with Gasteiger partial charge in [0.2, 0.25) is 5.76 Å². The molecule has 0 amide bonds. The number of aliphatic carboxylic acids is 1. The second-order valence-electron chi connectivity index (χ2n) is 14.2. The van der Waals surface area contributed by atoms with E-state index in [4.69, 9.17) is 10.5 Å². The van der Waals surface area contributed by atoms with Gasteiger partial charge >= 0.3 is 5.97 Å². The molecule has 63 heavy (non-hydrogen) atoms. The maximum Gasteiger partial charge on any atom is 0.346 e. The Bertz CT molecular complexity index is 2880. The summed E-state index contributed by atoms with van der Waals surface area (Å²) < 4.78 is 4.69. The second kappa shape index (κ2) is 20.8. The fraction of sp³-hybridized carbons (Fsp3) is 0. The molecule has 0 atom stereocenters. The van der Waals surface area contributed by atoms with E-state index in [1.165, 1.54) is 12.2 Å². The predicted molar refractivity (Wildman–Crippen MR) is 254 cm³/mol. The van der Waals surface area contributed by atoms with Crippen LogP contribution in [0.1, 0.15) is 50.1 Å². The number of carbonyl (C=O) groups excluding carboxylic acids is 1. The number of allylic oxidation sites excluding steroid dienone is 1. The van der Waals surface area contributed by atoms with Crippen molar-refractivity contribution in [2.45, 2.75) is 0 Å². The van der Waals surface area contributed by atoms with Gasteiger partial charge < -0.3 is 14.7 Å². The maximum atomic E-state index is 11.2. The molecule has 1 N–H and O–H groups in total. The minimum atomic E-state index is -1.25. The molecule has 7 aromatic rings. The standard InChI is InChI=1S/C56H39N3O4/c57-38-50(56(61)62)35-45-19-15-41(16-20-45)11-13-43-23-29-51(30-24-43)59(52-31-25-44(26-32-52)14-12-42-17-21-46(22-18-42)36-54(39-58)63-40-60)53-33-27-47(28-34-53)37-55(48-7-3-1-4-8-48)49-9-5-2-6-10-49/h1-37,40H,(H,61,62)/b13-11+,14-12+,50-35+,54-36+. The molecule has 0 aliphatic rings. The van der Waals surface area contributed by atoms with E-state index >= 15 is 0 Å². The van der Waals surface area contributed by atoms with E-state index in [1.807, 2.05) is 78.9 Å². The van der Waals surface area contributed by atoms with E-state index in [9.17, 15) is 14.7 Å². The van der Waals surface area contributed by atoms with Crippen LogP contribution < -0.4 is 4.90 Å². The van der Waals surface area contributed by atoms with Crippen molar-refractivity contribution in [2.75, 3.05) is 4.90 Å². The highest BCUT2D eigenvalue weighted by Crippen LogP contribution is 2.36. The Balaban J connectivity index is 1.16. The molecule has 0 bridgehead atoms. The van der Waals surface area contributed by atoms with Crippen molar-refractivity contribution in [1.29, 1.82) is 10.5 Å². The number of anilines is 3. The van der Waals surface area contributed by atoms with Crippen molar-refractivity contribution in [2.24, 2.45) is 0 Å². The van der Waals surface area contributed by atoms with E-state index < -0.39 is 5.97 Å². The van der Waals surface area contributed by atoms with Crippen LogP contribution in [-0.2, 0) is 14.3 Å². The molecule has 0 radical (unpaired) electrons. The van der Waals surface area contributed by atoms with E-state index in [-0.39, 0.29) is 17.8 Å². The zero-order valence-corrected chi connectivity index (χ0v) is 34.0. The Labute approximate surface area is 366 Å². The smallest absolute Gasteiger partial charge is 0.346 e. The zero-order chi connectivity index (χ0) is 43.8. The molecule has 0 heterocycles. The number of ether oxygens (including phenoxy) is 1. The van der Waals surface area contributed by atoms with Gasteiger partial charge in [0, 0.05) is 17.1 Å². The highest BCUT2D eigenvalue weighted by molar-refractivity contribution is 5.96. The summed E-state index contributed by atoms with van der Waals surface area (Å²) >= 11 is 0. The number of nitrogens with zero attached hydrogens (tertiary/aromatic N) is 3. The minimum Gasteiger partial charge on any atom is -0.477 e. The Morgan fingerprint density at radius 3 is 1.17 bits per heavy atom. The van der Waals surface area contributed by atoms with E-state index in [2.05, 4.69) is 137 Å². The summed E-state index contributed by atoms with van der Waals surface area (Å²) in [6, 6.07) is 64.5. The van der Waals surface area contributed by atoms with Crippen LogP contribution in [0.5, 0.6) is 0 Å². The van der Waals surface area contributed by atoms with E-state index in [1.54, 1.807) is 18.2 Å². The largest absolute Gasteiger partial charge is 0.477 e. The topological polar surface area (TPSA) is 114 Å². The third-order valence-electron chi connectivity index (χ3n) is 9.99. The molecule has 7 nitrogen and oxygen atoms in total. The molecule has 0 aliphatic heterocycles. The summed E-state index contributed by atoms with van der Waals surface area (Å²) in [6.07, 6.45) is 13.1.